The number of nitrogens with zero attached hydrogens (tertiary/aromatic N) is 1. The average molecular weight is 410 g/mol. The van der Waals surface area contributed by atoms with E-state index in [4.69, 9.17) is 14.6 Å². The Morgan fingerprint density at radius 3 is 2.68 bits per heavy atom. The average Bonchev–Trinajstić information content (AvgIpc) is 3.03. The van der Waals surface area contributed by atoms with E-state index in [0.29, 0.717) is 28.5 Å². The van der Waals surface area contributed by atoms with Gasteiger partial charge in [0, 0.05) is 16.2 Å². The van der Waals surface area contributed by atoms with Crippen LogP contribution in [0, 0.1) is 0 Å². The summed E-state index contributed by atoms with van der Waals surface area (Å²) in [4.78, 5) is 25.3. The van der Waals surface area contributed by atoms with E-state index in [1.165, 1.54) is 7.11 Å². The van der Waals surface area contributed by atoms with Crippen LogP contribution in [0.25, 0.3) is 0 Å². The van der Waals surface area contributed by atoms with E-state index < -0.39 is 12.6 Å². The second-order valence-corrected chi connectivity index (χ2v) is 5.83. The standard InChI is InChI=1S/C16H16BrN3O5/c1-9(19-20-16(23)12-6-11(17)7-18-12)10-3-4-13(14(5-10)24-2)25-8-15(21)22/h3-7,18H,8H2,1-2H3,(H,20,23)(H,21,22)/b19-9-. The van der Waals surface area contributed by atoms with Crippen LogP contribution in [0.5, 0.6) is 11.5 Å². The van der Waals surface area contributed by atoms with Gasteiger partial charge in [-0.05, 0) is 47.1 Å². The molecule has 0 saturated heterocycles. The van der Waals surface area contributed by atoms with Gasteiger partial charge in [-0.25, -0.2) is 10.2 Å². The number of aromatic amines is 1. The lowest BCUT2D eigenvalue weighted by Gasteiger charge is -2.11. The van der Waals surface area contributed by atoms with Gasteiger partial charge < -0.3 is 19.6 Å². The highest BCUT2D eigenvalue weighted by Gasteiger charge is 2.10. The first-order valence-electron chi connectivity index (χ1n) is 7.12. The number of carbonyl (C=O) groups excluding carboxylic acids is 1. The van der Waals surface area contributed by atoms with Crippen molar-refractivity contribution in [3.8, 4) is 11.5 Å². The fraction of sp³-hybridized carbons (Fsp3) is 0.188. The van der Waals surface area contributed by atoms with Gasteiger partial charge in [-0.15, -0.1) is 0 Å². The Labute approximate surface area is 152 Å². The maximum atomic E-state index is 11.9. The minimum Gasteiger partial charge on any atom is -0.493 e. The molecule has 1 aromatic carbocycles. The zero-order valence-corrected chi connectivity index (χ0v) is 15.1. The maximum Gasteiger partial charge on any atom is 0.341 e. The number of carbonyl (C=O) groups is 2. The minimum absolute atomic E-state index is 0.307. The molecule has 1 heterocycles. The summed E-state index contributed by atoms with van der Waals surface area (Å²) in [6.07, 6.45) is 1.65. The molecule has 3 N–H and O–H groups in total. The van der Waals surface area contributed by atoms with E-state index in [1.54, 1.807) is 37.4 Å². The molecule has 0 saturated carbocycles. The number of hydrazone groups is 1. The number of hydrogen-bond acceptors (Lipinski definition) is 5. The van der Waals surface area contributed by atoms with E-state index in [2.05, 4.69) is 31.4 Å². The number of aliphatic carboxylic acids is 1. The summed E-state index contributed by atoms with van der Waals surface area (Å²) < 4.78 is 11.1. The highest BCUT2D eigenvalue weighted by Crippen LogP contribution is 2.28. The number of nitrogens with one attached hydrogen (secondary N) is 2. The Morgan fingerprint density at radius 1 is 1.32 bits per heavy atom. The molecule has 2 rings (SSSR count). The smallest absolute Gasteiger partial charge is 0.341 e. The SMILES string of the molecule is COc1cc(/C(C)=N\NC(=O)c2cc(Br)c[nH]2)ccc1OCC(=O)O. The van der Waals surface area contributed by atoms with Crippen LogP contribution in [0.1, 0.15) is 23.0 Å². The Hall–Kier alpha value is -2.81. The van der Waals surface area contributed by atoms with Crippen LogP contribution in [0.15, 0.2) is 40.0 Å². The quantitative estimate of drug-likeness (QED) is 0.479. The van der Waals surface area contributed by atoms with E-state index in [-0.39, 0.29) is 5.91 Å². The van der Waals surface area contributed by atoms with Gasteiger partial charge in [0.2, 0.25) is 0 Å². The van der Waals surface area contributed by atoms with Crippen molar-refractivity contribution < 1.29 is 24.2 Å². The van der Waals surface area contributed by atoms with Gasteiger partial charge >= 0.3 is 5.97 Å². The van der Waals surface area contributed by atoms with Crippen LogP contribution in [0.2, 0.25) is 0 Å². The molecule has 0 radical (unpaired) electrons. The van der Waals surface area contributed by atoms with Crippen molar-refractivity contribution in [1.29, 1.82) is 0 Å². The van der Waals surface area contributed by atoms with Crippen LogP contribution >= 0.6 is 15.9 Å². The molecule has 9 heteroatoms. The number of hydrogen-bond donors (Lipinski definition) is 3. The topological polar surface area (TPSA) is 113 Å². The van der Waals surface area contributed by atoms with E-state index in [9.17, 15) is 9.59 Å². The number of rotatable bonds is 7. The second-order valence-electron chi connectivity index (χ2n) is 4.92. The predicted molar refractivity (Wildman–Crippen MR) is 94.3 cm³/mol. The number of methoxy groups -OCH3 is 1. The van der Waals surface area contributed by atoms with Gasteiger partial charge in [-0.1, -0.05) is 0 Å². The molecule has 8 nitrogen and oxygen atoms in total. The van der Waals surface area contributed by atoms with Crippen molar-refractivity contribution in [2.75, 3.05) is 13.7 Å². The van der Waals surface area contributed by atoms with Crippen molar-refractivity contribution in [3.05, 3.63) is 46.2 Å². The number of halogens is 1. The summed E-state index contributed by atoms with van der Waals surface area (Å²) in [7, 11) is 1.45. The maximum absolute atomic E-state index is 11.9. The third-order valence-electron chi connectivity index (χ3n) is 3.15. The molecule has 25 heavy (non-hydrogen) atoms. The van der Waals surface area contributed by atoms with E-state index in [0.717, 1.165) is 4.47 Å². The second kappa shape index (κ2) is 8.34. The van der Waals surface area contributed by atoms with Gasteiger partial charge in [-0.2, -0.15) is 5.10 Å². The normalized spacial score (nSPS) is 11.1. The lowest BCUT2D eigenvalue weighted by Crippen LogP contribution is -2.19. The molecule has 0 bridgehead atoms. The first-order valence-corrected chi connectivity index (χ1v) is 7.91. The fourth-order valence-electron chi connectivity index (χ4n) is 1.91. The number of carboxylic acid groups (broad SMARTS) is 1. The van der Waals surface area contributed by atoms with Gasteiger partial charge in [0.15, 0.2) is 18.1 Å². The summed E-state index contributed by atoms with van der Waals surface area (Å²) in [5.74, 6) is -0.782. The lowest BCUT2D eigenvalue weighted by atomic mass is 10.1. The van der Waals surface area contributed by atoms with Crippen molar-refractivity contribution in [3.63, 3.8) is 0 Å². The lowest BCUT2D eigenvalue weighted by molar-refractivity contribution is -0.139. The highest BCUT2D eigenvalue weighted by atomic mass is 79.9. The molecule has 0 aliphatic heterocycles. The number of H-pyrrole nitrogens is 1. The Bertz CT molecular complexity index is 816. The molecule has 2 aromatic rings. The summed E-state index contributed by atoms with van der Waals surface area (Å²) in [6.45, 7) is 1.25. The summed E-state index contributed by atoms with van der Waals surface area (Å²) in [6, 6.07) is 6.56. The third kappa shape index (κ3) is 5.08. The van der Waals surface area contributed by atoms with Crippen molar-refractivity contribution in [2.24, 2.45) is 5.10 Å². The molecule has 0 aliphatic rings. The Morgan fingerprint density at radius 2 is 2.08 bits per heavy atom. The molecule has 0 spiro atoms. The van der Waals surface area contributed by atoms with Gasteiger partial charge in [0.25, 0.3) is 5.91 Å². The monoisotopic (exact) mass is 409 g/mol. The molecule has 132 valence electrons. The largest absolute Gasteiger partial charge is 0.493 e. The number of benzene rings is 1. The summed E-state index contributed by atoms with van der Waals surface area (Å²) >= 11 is 3.25. The fourth-order valence-corrected chi connectivity index (χ4v) is 2.25. The molecule has 1 amide bonds. The zero-order chi connectivity index (χ0) is 18.4. The van der Waals surface area contributed by atoms with Crippen molar-refractivity contribution in [2.45, 2.75) is 6.92 Å². The Kier molecular flexibility index (Phi) is 6.18. The highest BCUT2D eigenvalue weighted by molar-refractivity contribution is 9.10. The molecular formula is C16H16BrN3O5. The molecule has 0 aliphatic carbocycles. The van der Waals surface area contributed by atoms with Crippen LogP contribution in [-0.4, -0.2) is 41.4 Å². The van der Waals surface area contributed by atoms with Crippen LogP contribution in [0.3, 0.4) is 0 Å². The zero-order valence-electron chi connectivity index (χ0n) is 13.5. The third-order valence-corrected chi connectivity index (χ3v) is 3.61. The van der Waals surface area contributed by atoms with Crippen LogP contribution < -0.4 is 14.9 Å². The van der Waals surface area contributed by atoms with Crippen LogP contribution in [-0.2, 0) is 4.79 Å². The molecule has 1 aromatic heterocycles. The molecular weight excluding hydrogens is 394 g/mol. The summed E-state index contributed by atoms with van der Waals surface area (Å²) in [5, 5.41) is 12.7. The van der Waals surface area contributed by atoms with Crippen molar-refractivity contribution >= 4 is 33.5 Å². The van der Waals surface area contributed by atoms with Gasteiger partial charge in [0.1, 0.15) is 5.69 Å². The van der Waals surface area contributed by atoms with Crippen molar-refractivity contribution in [1.82, 2.24) is 10.4 Å². The number of aromatic nitrogens is 1. The number of carboxylic acids is 1. The van der Waals surface area contributed by atoms with Crippen LogP contribution in [0.4, 0.5) is 0 Å². The summed E-state index contributed by atoms with van der Waals surface area (Å²) in [5.41, 5.74) is 4.05. The molecule has 0 fully saturated rings. The minimum atomic E-state index is -1.08. The number of amides is 1. The molecule has 0 atom stereocenters. The first kappa shape index (κ1) is 18.5. The number of ether oxygens (including phenoxy) is 2. The Balaban J connectivity index is 2.11. The van der Waals surface area contributed by atoms with Gasteiger partial charge in [0.05, 0.1) is 12.8 Å². The molecule has 0 unspecified atom stereocenters. The van der Waals surface area contributed by atoms with Gasteiger partial charge in [-0.3, -0.25) is 4.79 Å². The van der Waals surface area contributed by atoms with E-state index in [1.807, 2.05) is 0 Å². The van der Waals surface area contributed by atoms with E-state index >= 15 is 0 Å². The first-order chi connectivity index (χ1) is 11.9. The predicted octanol–water partition coefficient (Wildman–Crippen LogP) is 2.40.